The fourth-order valence-electron chi connectivity index (χ4n) is 2.94. The average molecular weight is 345 g/mol. The van der Waals surface area contributed by atoms with E-state index in [4.69, 9.17) is 14.0 Å². The van der Waals surface area contributed by atoms with E-state index in [1.54, 1.807) is 14.2 Å². The Labute approximate surface area is 149 Å². The van der Waals surface area contributed by atoms with Crippen molar-refractivity contribution in [1.29, 1.82) is 0 Å². The van der Waals surface area contributed by atoms with E-state index in [0.717, 1.165) is 48.7 Å². The van der Waals surface area contributed by atoms with E-state index in [1.807, 2.05) is 18.2 Å². The molecule has 3 rings (SSSR count). The average Bonchev–Trinajstić information content (AvgIpc) is 3.39. The molecule has 25 heavy (non-hydrogen) atoms. The van der Waals surface area contributed by atoms with Crippen LogP contribution in [0.4, 0.5) is 0 Å². The van der Waals surface area contributed by atoms with Gasteiger partial charge in [-0.15, -0.1) is 0 Å². The van der Waals surface area contributed by atoms with E-state index in [0.29, 0.717) is 18.5 Å². The van der Waals surface area contributed by atoms with Crippen LogP contribution in [0.5, 0.6) is 11.5 Å². The van der Waals surface area contributed by atoms with Crippen molar-refractivity contribution in [3.05, 3.63) is 35.5 Å². The zero-order valence-corrected chi connectivity index (χ0v) is 15.3. The third-order valence-electron chi connectivity index (χ3n) is 4.53. The van der Waals surface area contributed by atoms with Gasteiger partial charge in [0.05, 0.1) is 20.8 Å². The minimum absolute atomic E-state index is 0.571. The number of benzene rings is 1. The predicted octanol–water partition coefficient (Wildman–Crippen LogP) is 3.59. The third-order valence-corrected chi connectivity index (χ3v) is 4.53. The summed E-state index contributed by atoms with van der Waals surface area (Å²) in [6.45, 7) is 3.61. The van der Waals surface area contributed by atoms with Crippen LogP contribution in [0.2, 0.25) is 0 Å². The van der Waals surface area contributed by atoms with Gasteiger partial charge in [-0.05, 0) is 37.5 Å². The van der Waals surface area contributed by atoms with Gasteiger partial charge in [-0.2, -0.15) is 4.98 Å². The number of rotatable bonds is 10. The Kier molecular flexibility index (Phi) is 5.91. The molecule has 136 valence electrons. The van der Waals surface area contributed by atoms with Crippen LogP contribution < -0.4 is 9.47 Å². The molecule has 1 fully saturated rings. The van der Waals surface area contributed by atoms with Crippen LogP contribution in [-0.2, 0) is 19.5 Å². The van der Waals surface area contributed by atoms with Crippen molar-refractivity contribution >= 4 is 0 Å². The lowest BCUT2D eigenvalue weighted by atomic mass is 10.1. The van der Waals surface area contributed by atoms with Gasteiger partial charge in [0.2, 0.25) is 5.89 Å². The first-order valence-electron chi connectivity index (χ1n) is 9.00. The van der Waals surface area contributed by atoms with Crippen molar-refractivity contribution in [3.63, 3.8) is 0 Å². The summed E-state index contributed by atoms with van der Waals surface area (Å²) in [5, 5.41) is 4.10. The van der Waals surface area contributed by atoms with Gasteiger partial charge in [-0.1, -0.05) is 18.5 Å². The number of aromatic nitrogens is 2. The summed E-state index contributed by atoms with van der Waals surface area (Å²) in [5.74, 6) is 3.22. The first-order valence-corrected chi connectivity index (χ1v) is 9.00. The maximum absolute atomic E-state index is 5.51. The summed E-state index contributed by atoms with van der Waals surface area (Å²) in [5.41, 5.74) is 1.11. The van der Waals surface area contributed by atoms with Crippen molar-refractivity contribution in [3.8, 4) is 11.5 Å². The van der Waals surface area contributed by atoms with Crippen LogP contribution >= 0.6 is 0 Å². The molecule has 0 saturated heterocycles. The third kappa shape index (κ3) is 4.72. The molecular formula is C19H27N3O3. The minimum Gasteiger partial charge on any atom is -0.497 e. The van der Waals surface area contributed by atoms with Crippen LogP contribution in [0, 0.1) is 0 Å². The molecule has 6 heteroatoms. The second-order valence-corrected chi connectivity index (χ2v) is 6.52. The van der Waals surface area contributed by atoms with Gasteiger partial charge in [-0.25, -0.2) is 0 Å². The highest BCUT2D eigenvalue weighted by Gasteiger charge is 2.31. The lowest BCUT2D eigenvalue weighted by Gasteiger charge is -2.21. The predicted molar refractivity (Wildman–Crippen MR) is 94.7 cm³/mol. The molecule has 0 bridgehead atoms. The number of nitrogens with zero attached hydrogens (tertiary/aromatic N) is 3. The van der Waals surface area contributed by atoms with Crippen molar-refractivity contribution in [2.45, 2.75) is 58.2 Å². The number of methoxy groups -OCH3 is 2. The van der Waals surface area contributed by atoms with Crippen molar-refractivity contribution in [2.75, 3.05) is 14.2 Å². The summed E-state index contributed by atoms with van der Waals surface area (Å²) < 4.78 is 16.3. The Bertz CT molecular complexity index is 682. The number of aryl methyl sites for hydroxylation is 1. The molecule has 1 aromatic carbocycles. The molecule has 1 saturated carbocycles. The second kappa shape index (κ2) is 8.34. The zero-order chi connectivity index (χ0) is 17.6. The van der Waals surface area contributed by atoms with Gasteiger partial charge in [0.25, 0.3) is 0 Å². The standard InChI is InChI=1S/C19H27N3O3/c1-4-5-6-18-20-19(25-21-18)13-22(15-7-8-15)12-14-11-16(23-2)9-10-17(14)24-3/h9-11,15H,4-8,12-13H2,1-3H3. The van der Waals surface area contributed by atoms with E-state index in [9.17, 15) is 0 Å². The highest BCUT2D eigenvalue weighted by atomic mass is 16.5. The van der Waals surface area contributed by atoms with Crippen molar-refractivity contribution < 1.29 is 14.0 Å². The molecule has 1 heterocycles. The maximum atomic E-state index is 5.51. The van der Waals surface area contributed by atoms with Gasteiger partial charge in [0.15, 0.2) is 5.82 Å². The smallest absolute Gasteiger partial charge is 0.240 e. The summed E-state index contributed by atoms with van der Waals surface area (Å²) >= 11 is 0. The van der Waals surface area contributed by atoms with Crippen LogP contribution in [0.25, 0.3) is 0 Å². The Morgan fingerprint density at radius 2 is 2.04 bits per heavy atom. The van der Waals surface area contributed by atoms with Crippen molar-refractivity contribution in [1.82, 2.24) is 15.0 Å². The van der Waals surface area contributed by atoms with Crippen LogP contribution in [0.1, 0.15) is 49.9 Å². The molecule has 6 nitrogen and oxygen atoms in total. The molecular weight excluding hydrogens is 318 g/mol. The van der Waals surface area contributed by atoms with Gasteiger partial charge in [0, 0.05) is 24.6 Å². The fraction of sp³-hybridized carbons (Fsp3) is 0.579. The Hall–Kier alpha value is -2.08. The SMILES string of the molecule is CCCCc1noc(CN(Cc2cc(OC)ccc2OC)C2CC2)n1. The molecule has 1 aliphatic rings. The summed E-state index contributed by atoms with van der Waals surface area (Å²) in [6.07, 6.45) is 5.53. The zero-order valence-electron chi connectivity index (χ0n) is 15.3. The first-order chi connectivity index (χ1) is 12.2. The van der Waals surface area contributed by atoms with Crippen molar-refractivity contribution in [2.24, 2.45) is 0 Å². The summed E-state index contributed by atoms with van der Waals surface area (Å²) in [7, 11) is 3.38. The Morgan fingerprint density at radius 1 is 1.20 bits per heavy atom. The molecule has 0 radical (unpaired) electrons. The summed E-state index contributed by atoms with van der Waals surface area (Å²) in [4.78, 5) is 6.92. The van der Waals surface area contributed by atoms with E-state index in [-0.39, 0.29) is 0 Å². The Balaban J connectivity index is 1.71. The first kappa shape index (κ1) is 17.7. The topological polar surface area (TPSA) is 60.6 Å². The maximum Gasteiger partial charge on any atom is 0.240 e. The van der Waals surface area contributed by atoms with E-state index in [2.05, 4.69) is 22.0 Å². The van der Waals surface area contributed by atoms with E-state index in [1.165, 1.54) is 12.8 Å². The quantitative estimate of drug-likeness (QED) is 0.656. The molecule has 0 spiro atoms. The molecule has 0 N–H and O–H groups in total. The van der Waals surface area contributed by atoms with Crippen LogP contribution in [0.15, 0.2) is 22.7 Å². The largest absolute Gasteiger partial charge is 0.497 e. The van der Waals surface area contributed by atoms with Gasteiger partial charge < -0.3 is 14.0 Å². The minimum atomic E-state index is 0.571. The Morgan fingerprint density at radius 3 is 2.72 bits per heavy atom. The molecule has 1 aliphatic carbocycles. The monoisotopic (exact) mass is 345 g/mol. The second-order valence-electron chi connectivity index (χ2n) is 6.52. The molecule has 1 aromatic heterocycles. The lowest BCUT2D eigenvalue weighted by Crippen LogP contribution is -2.25. The fourth-order valence-corrected chi connectivity index (χ4v) is 2.94. The van der Waals surface area contributed by atoms with Gasteiger partial charge >= 0.3 is 0 Å². The number of ether oxygens (including phenoxy) is 2. The lowest BCUT2D eigenvalue weighted by molar-refractivity contribution is 0.207. The van der Waals surface area contributed by atoms with Crippen LogP contribution in [-0.4, -0.2) is 35.3 Å². The molecule has 0 aliphatic heterocycles. The highest BCUT2D eigenvalue weighted by Crippen LogP contribution is 2.32. The molecule has 0 atom stereocenters. The van der Waals surface area contributed by atoms with E-state index >= 15 is 0 Å². The van der Waals surface area contributed by atoms with Gasteiger partial charge in [0.1, 0.15) is 11.5 Å². The number of unbranched alkanes of at least 4 members (excludes halogenated alkanes) is 1. The van der Waals surface area contributed by atoms with Crippen LogP contribution in [0.3, 0.4) is 0 Å². The molecule has 2 aromatic rings. The van der Waals surface area contributed by atoms with E-state index < -0.39 is 0 Å². The molecule has 0 unspecified atom stereocenters. The number of hydrogen-bond donors (Lipinski definition) is 0. The number of hydrogen-bond acceptors (Lipinski definition) is 6. The molecule has 0 amide bonds. The normalized spacial score (nSPS) is 14.1. The van der Waals surface area contributed by atoms with Gasteiger partial charge in [-0.3, -0.25) is 4.90 Å². The summed E-state index contributed by atoms with van der Waals surface area (Å²) in [6, 6.07) is 6.48. The highest BCUT2D eigenvalue weighted by molar-refractivity contribution is 5.40.